The zero-order valence-corrected chi connectivity index (χ0v) is 20.3. The van der Waals surface area contributed by atoms with E-state index < -0.39 is 0 Å². The maximum absolute atomic E-state index is 13.4. The third kappa shape index (κ3) is 5.99. The molecule has 0 aliphatic carbocycles. The fourth-order valence-corrected chi connectivity index (χ4v) is 4.15. The van der Waals surface area contributed by atoms with E-state index in [1.807, 2.05) is 51.1 Å². The number of carbonyl (C=O) groups excluding carboxylic acids is 1. The van der Waals surface area contributed by atoms with Crippen LogP contribution in [0.15, 0.2) is 83.5 Å². The van der Waals surface area contributed by atoms with Gasteiger partial charge in [0, 0.05) is 34.7 Å². The van der Waals surface area contributed by atoms with Gasteiger partial charge in [-0.25, -0.2) is 4.39 Å². The number of fused-ring (bicyclic) bond motifs is 1. The van der Waals surface area contributed by atoms with E-state index in [0.717, 1.165) is 40.5 Å². The highest BCUT2D eigenvalue weighted by atomic mass is 19.1. The van der Waals surface area contributed by atoms with Crippen LogP contribution < -0.4 is 10.1 Å². The molecule has 0 aliphatic rings. The van der Waals surface area contributed by atoms with E-state index in [0.29, 0.717) is 17.9 Å². The molecule has 0 spiro atoms. The topological polar surface area (TPSA) is 51.5 Å². The second-order valence-electron chi connectivity index (χ2n) is 8.70. The molecule has 4 nitrogen and oxygen atoms in total. The summed E-state index contributed by atoms with van der Waals surface area (Å²) in [4.78, 5) is 12.8. The first-order chi connectivity index (χ1) is 16.9. The van der Waals surface area contributed by atoms with Crippen molar-refractivity contribution >= 4 is 22.4 Å². The molecule has 1 amide bonds. The fourth-order valence-electron chi connectivity index (χ4n) is 4.15. The van der Waals surface area contributed by atoms with Crippen molar-refractivity contribution in [2.45, 2.75) is 39.7 Å². The predicted octanol–water partition coefficient (Wildman–Crippen LogP) is 7.18. The Labute approximate surface area is 205 Å². The normalized spacial score (nSPS) is 12.5. The van der Waals surface area contributed by atoms with E-state index in [1.165, 1.54) is 17.7 Å². The number of furan rings is 1. The van der Waals surface area contributed by atoms with Crippen molar-refractivity contribution in [2.75, 3.05) is 6.61 Å². The largest absolute Gasteiger partial charge is 0.493 e. The molecule has 180 valence electrons. The molecule has 35 heavy (non-hydrogen) atoms. The molecule has 0 saturated carbocycles. The molecule has 0 radical (unpaired) electrons. The van der Waals surface area contributed by atoms with Gasteiger partial charge in [-0.1, -0.05) is 42.5 Å². The van der Waals surface area contributed by atoms with Crippen LogP contribution >= 0.6 is 0 Å². The molecule has 0 aliphatic heterocycles. The highest BCUT2D eigenvalue weighted by Gasteiger charge is 2.16. The van der Waals surface area contributed by atoms with Gasteiger partial charge in [-0.05, 0) is 68.5 Å². The van der Waals surface area contributed by atoms with Crippen molar-refractivity contribution in [1.82, 2.24) is 5.32 Å². The molecule has 0 bridgehead atoms. The van der Waals surface area contributed by atoms with Gasteiger partial charge >= 0.3 is 0 Å². The zero-order valence-electron chi connectivity index (χ0n) is 20.3. The lowest BCUT2D eigenvalue weighted by molar-refractivity contribution is -0.117. The average Bonchev–Trinajstić information content (AvgIpc) is 3.26. The number of nitrogens with one attached hydrogen (secondary N) is 1. The number of halogens is 1. The van der Waals surface area contributed by atoms with Gasteiger partial charge in [-0.2, -0.15) is 0 Å². The Morgan fingerprint density at radius 1 is 1.11 bits per heavy atom. The number of carbonyl (C=O) groups is 1. The molecule has 4 aromatic rings. The summed E-state index contributed by atoms with van der Waals surface area (Å²) in [6.07, 6.45) is 5.04. The third-order valence-corrected chi connectivity index (χ3v) is 6.00. The van der Waals surface area contributed by atoms with E-state index in [2.05, 4.69) is 17.4 Å². The first kappa shape index (κ1) is 24.3. The van der Waals surface area contributed by atoms with Gasteiger partial charge in [0.15, 0.2) is 0 Å². The smallest absolute Gasteiger partial charge is 0.244 e. The molecule has 1 heterocycles. The first-order valence-corrected chi connectivity index (χ1v) is 11.9. The molecule has 0 fully saturated rings. The first-order valence-electron chi connectivity index (χ1n) is 11.9. The van der Waals surface area contributed by atoms with Gasteiger partial charge in [-0.15, -0.1) is 0 Å². The number of rotatable bonds is 9. The van der Waals surface area contributed by atoms with Gasteiger partial charge in [0.25, 0.3) is 0 Å². The summed E-state index contributed by atoms with van der Waals surface area (Å²) in [5.74, 6) is 0.221. The van der Waals surface area contributed by atoms with E-state index >= 15 is 0 Å². The van der Waals surface area contributed by atoms with Crippen LogP contribution in [0.5, 0.6) is 5.75 Å². The summed E-state index contributed by atoms with van der Waals surface area (Å²) < 4.78 is 25.1. The minimum absolute atomic E-state index is 0.0413. The second-order valence-corrected chi connectivity index (χ2v) is 8.70. The molecule has 0 saturated heterocycles. The van der Waals surface area contributed by atoms with Crippen molar-refractivity contribution in [3.63, 3.8) is 0 Å². The third-order valence-electron chi connectivity index (χ3n) is 6.00. The highest BCUT2D eigenvalue weighted by molar-refractivity contribution is 6.00. The van der Waals surface area contributed by atoms with Gasteiger partial charge in [0.2, 0.25) is 5.91 Å². The van der Waals surface area contributed by atoms with E-state index in [4.69, 9.17) is 9.15 Å². The molecule has 1 aromatic heterocycles. The minimum Gasteiger partial charge on any atom is -0.493 e. The number of aryl methyl sites for hydroxylation is 1. The van der Waals surface area contributed by atoms with Crippen LogP contribution in [0.25, 0.3) is 27.7 Å². The Balaban J connectivity index is 1.56. The van der Waals surface area contributed by atoms with Crippen molar-refractivity contribution in [3.8, 4) is 16.9 Å². The van der Waals surface area contributed by atoms with Gasteiger partial charge < -0.3 is 14.5 Å². The summed E-state index contributed by atoms with van der Waals surface area (Å²) in [6, 6.07) is 20.4. The lowest BCUT2D eigenvalue weighted by Gasteiger charge is -2.14. The quantitative estimate of drug-likeness (QED) is 0.263. The Kier molecular flexibility index (Phi) is 7.66. The van der Waals surface area contributed by atoms with Crippen molar-refractivity contribution in [3.05, 3.63) is 96.0 Å². The summed E-state index contributed by atoms with van der Waals surface area (Å²) in [5, 5.41) is 3.94. The van der Waals surface area contributed by atoms with Gasteiger partial charge in [-0.3, -0.25) is 4.79 Å². The van der Waals surface area contributed by atoms with Crippen molar-refractivity contribution in [2.24, 2.45) is 0 Å². The number of benzene rings is 3. The zero-order chi connectivity index (χ0) is 24.8. The Morgan fingerprint density at radius 2 is 1.86 bits per heavy atom. The van der Waals surface area contributed by atoms with Crippen LogP contribution in [0.2, 0.25) is 0 Å². The monoisotopic (exact) mass is 471 g/mol. The standard InChI is InChI=1S/C30H30FNO3/c1-4-34-28-18-29-26(27(19-35-29)23-12-14-24(31)15-13-23)17-25(28)20(2)16-30(33)32-21(3)10-11-22-8-6-5-7-9-22/h5-9,12-19,21H,4,10-11H2,1-3H3,(H,32,33)/b20-16+. The minimum atomic E-state index is -0.288. The van der Waals surface area contributed by atoms with Crippen LogP contribution in [0.3, 0.4) is 0 Å². The number of amides is 1. The maximum Gasteiger partial charge on any atom is 0.244 e. The Morgan fingerprint density at radius 3 is 2.57 bits per heavy atom. The van der Waals surface area contributed by atoms with E-state index in [9.17, 15) is 9.18 Å². The molecule has 1 unspecified atom stereocenters. The number of allylic oxidation sites excluding steroid dienone is 1. The highest BCUT2D eigenvalue weighted by Crippen LogP contribution is 2.37. The van der Waals surface area contributed by atoms with Crippen LogP contribution in [0.1, 0.15) is 38.3 Å². The number of hydrogen-bond acceptors (Lipinski definition) is 3. The molecule has 1 atom stereocenters. The lowest BCUT2D eigenvalue weighted by atomic mass is 9.99. The van der Waals surface area contributed by atoms with Crippen LogP contribution in [0, 0.1) is 5.82 Å². The molecular formula is C30H30FNO3. The summed E-state index contributed by atoms with van der Waals surface area (Å²) in [5.41, 5.74) is 5.24. The fraction of sp³-hybridized carbons (Fsp3) is 0.233. The number of ether oxygens (including phenoxy) is 1. The summed E-state index contributed by atoms with van der Waals surface area (Å²) in [6.45, 7) is 6.32. The van der Waals surface area contributed by atoms with E-state index in [1.54, 1.807) is 24.5 Å². The van der Waals surface area contributed by atoms with Crippen LogP contribution in [-0.4, -0.2) is 18.6 Å². The average molecular weight is 472 g/mol. The van der Waals surface area contributed by atoms with Crippen molar-refractivity contribution in [1.29, 1.82) is 0 Å². The predicted molar refractivity (Wildman–Crippen MR) is 139 cm³/mol. The maximum atomic E-state index is 13.4. The van der Waals surface area contributed by atoms with Crippen LogP contribution in [0.4, 0.5) is 4.39 Å². The SMILES string of the molecule is CCOc1cc2occ(-c3ccc(F)cc3)c2cc1/C(C)=C/C(=O)NC(C)CCc1ccccc1. The molecular weight excluding hydrogens is 441 g/mol. The molecule has 5 heteroatoms. The molecule has 1 N–H and O–H groups in total. The molecule has 4 rings (SSSR count). The Bertz CT molecular complexity index is 1320. The summed E-state index contributed by atoms with van der Waals surface area (Å²) >= 11 is 0. The number of hydrogen-bond donors (Lipinski definition) is 1. The molecule has 3 aromatic carbocycles. The summed E-state index contributed by atoms with van der Waals surface area (Å²) in [7, 11) is 0. The van der Waals surface area contributed by atoms with Crippen LogP contribution in [-0.2, 0) is 11.2 Å². The van der Waals surface area contributed by atoms with Gasteiger partial charge in [0.1, 0.15) is 17.1 Å². The van der Waals surface area contributed by atoms with Gasteiger partial charge in [0.05, 0.1) is 12.9 Å². The second kappa shape index (κ2) is 11.0. The Hall–Kier alpha value is -3.86. The van der Waals surface area contributed by atoms with Crippen molar-refractivity contribution < 1.29 is 18.3 Å². The van der Waals surface area contributed by atoms with E-state index in [-0.39, 0.29) is 17.8 Å². The lowest BCUT2D eigenvalue weighted by Crippen LogP contribution is -2.31.